The summed E-state index contributed by atoms with van der Waals surface area (Å²) in [6, 6.07) is 5.19. The number of hydrogen-bond donors (Lipinski definition) is 1. The predicted octanol–water partition coefficient (Wildman–Crippen LogP) is 5.00. The van der Waals surface area contributed by atoms with Gasteiger partial charge >= 0.3 is 0 Å². The number of halogens is 2. The van der Waals surface area contributed by atoms with Crippen molar-refractivity contribution in [1.29, 1.82) is 0 Å². The van der Waals surface area contributed by atoms with Crippen molar-refractivity contribution in [2.24, 2.45) is 0 Å². The molecule has 1 aromatic rings. The lowest BCUT2D eigenvalue weighted by molar-refractivity contribution is 0.469. The molecule has 0 heterocycles. The van der Waals surface area contributed by atoms with E-state index >= 15 is 0 Å². The van der Waals surface area contributed by atoms with Crippen molar-refractivity contribution in [1.82, 2.24) is 0 Å². The quantitative estimate of drug-likeness (QED) is 0.784. The molecule has 94 valence electrons. The van der Waals surface area contributed by atoms with E-state index in [1.165, 1.54) is 38.2 Å². The van der Waals surface area contributed by atoms with Crippen LogP contribution in [0.1, 0.15) is 44.9 Å². The first-order valence-corrected chi connectivity index (χ1v) is 6.86. The molecule has 1 nitrogen and oxygen atoms in total. The molecule has 0 amide bonds. The molecule has 1 aliphatic rings. The van der Waals surface area contributed by atoms with Crippen LogP contribution in [0.4, 0.5) is 10.1 Å². The van der Waals surface area contributed by atoms with Crippen molar-refractivity contribution >= 4 is 17.3 Å². The van der Waals surface area contributed by atoms with E-state index in [0.717, 1.165) is 12.8 Å². The van der Waals surface area contributed by atoms with E-state index < -0.39 is 0 Å². The third kappa shape index (κ3) is 3.60. The second kappa shape index (κ2) is 6.25. The molecule has 0 saturated heterocycles. The van der Waals surface area contributed by atoms with Crippen LogP contribution in [0.5, 0.6) is 0 Å². The van der Waals surface area contributed by atoms with Crippen molar-refractivity contribution in [2.45, 2.75) is 51.0 Å². The molecule has 1 aromatic carbocycles. The summed E-state index contributed by atoms with van der Waals surface area (Å²) in [6.45, 7) is 0. The van der Waals surface area contributed by atoms with E-state index in [0.29, 0.717) is 16.8 Å². The van der Waals surface area contributed by atoms with Crippen LogP contribution in [0, 0.1) is 5.82 Å². The second-order valence-electron chi connectivity index (χ2n) is 4.78. The number of benzene rings is 1. The Balaban J connectivity index is 2.03. The van der Waals surface area contributed by atoms with Gasteiger partial charge in [-0.2, -0.15) is 0 Å². The van der Waals surface area contributed by atoms with E-state index in [-0.39, 0.29) is 5.82 Å². The van der Waals surface area contributed by atoms with Gasteiger partial charge in [0.05, 0.1) is 10.7 Å². The highest BCUT2D eigenvalue weighted by molar-refractivity contribution is 6.33. The zero-order chi connectivity index (χ0) is 12.1. The fourth-order valence-electron chi connectivity index (χ4n) is 2.44. The molecule has 2 rings (SSSR count). The molecular weight excluding hydrogens is 237 g/mol. The SMILES string of the molecule is Fc1cccc(Cl)c1NC1CCCCCCC1. The fraction of sp³-hybridized carbons (Fsp3) is 0.571. The fourth-order valence-corrected chi connectivity index (χ4v) is 2.66. The minimum Gasteiger partial charge on any atom is -0.379 e. The average Bonchev–Trinajstić information content (AvgIpc) is 2.26. The Hall–Kier alpha value is -0.760. The monoisotopic (exact) mass is 255 g/mol. The molecule has 0 unspecified atom stereocenters. The van der Waals surface area contributed by atoms with Crippen LogP contribution < -0.4 is 5.32 Å². The molecule has 17 heavy (non-hydrogen) atoms. The van der Waals surface area contributed by atoms with Crippen molar-refractivity contribution in [3.63, 3.8) is 0 Å². The molecule has 0 aliphatic heterocycles. The lowest BCUT2D eigenvalue weighted by atomic mass is 9.96. The van der Waals surface area contributed by atoms with E-state index in [1.54, 1.807) is 12.1 Å². The van der Waals surface area contributed by atoms with E-state index in [2.05, 4.69) is 5.32 Å². The molecule has 1 fully saturated rings. The maximum Gasteiger partial charge on any atom is 0.147 e. The largest absolute Gasteiger partial charge is 0.379 e. The molecule has 0 radical (unpaired) electrons. The predicted molar refractivity (Wildman–Crippen MR) is 71.1 cm³/mol. The van der Waals surface area contributed by atoms with Gasteiger partial charge in [0.25, 0.3) is 0 Å². The van der Waals surface area contributed by atoms with Crippen molar-refractivity contribution in [2.75, 3.05) is 5.32 Å². The second-order valence-corrected chi connectivity index (χ2v) is 5.19. The molecular formula is C14H19ClFN. The normalized spacial score (nSPS) is 18.5. The van der Waals surface area contributed by atoms with Crippen molar-refractivity contribution < 1.29 is 4.39 Å². The van der Waals surface area contributed by atoms with Gasteiger partial charge in [0.1, 0.15) is 5.82 Å². The lowest BCUT2D eigenvalue weighted by Gasteiger charge is -2.23. The van der Waals surface area contributed by atoms with Crippen LogP contribution in [0.25, 0.3) is 0 Å². The van der Waals surface area contributed by atoms with Crippen LogP contribution in [0.3, 0.4) is 0 Å². The van der Waals surface area contributed by atoms with Gasteiger partial charge in [0.15, 0.2) is 0 Å². The summed E-state index contributed by atoms with van der Waals surface area (Å²) in [5, 5.41) is 3.76. The molecule has 0 atom stereocenters. The highest BCUT2D eigenvalue weighted by Crippen LogP contribution is 2.28. The van der Waals surface area contributed by atoms with E-state index in [9.17, 15) is 4.39 Å². The van der Waals surface area contributed by atoms with Crippen LogP contribution in [-0.4, -0.2) is 6.04 Å². The molecule has 0 bridgehead atoms. The molecule has 1 aliphatic carbocycles. The summed E-state index contributed by atoms with van der Waals surface area (Å²) in [5.41, 5.74) is 0.472. The zero-order valence-corrected chi connectivity index (χ0v) is 10.8. The zero-order valence-electron chi connectivity index (χ0n) is 10.0. The lowest BCUT2D eigenvalue weighted by Crippen LogP contribution is -2.21. The highest BCUT2D eigenvalue weighted by atomic mass is 35.5. The molecule has 3 heteroatoms. The van der Waals surface area contributed by atoms with Crippen molar-refractivity contribution in [3.05, 3.63) is 29.0 Å². The highest BCUT2D eigenvalue weighted by Gasteiger charge is 2.14. The van der Waals surface area contributed by atoms with Crippen LogP contribution in [0.15, 0.2) is 18.2 Å². The maximum absolute atomic E-state index is 13.6. The Bertz CT molecular complexity index is 339. The minimum atomic E-state index is -0.250. The van der Waals surface area contributed by atoms with Crippen LogP contribution >= 0.6 is 11.6 Å². The van der Waals surface area contributed by atoms with Gasteiger partial charge in [-0.05, 0) is 25.0 Å². The third-order valence-corrected chi connectivity index (χ3v) is 3.73. The first kappa shape index (κ1) is 12.7. The van der Waals surface area contributed by atoms with Gasteiger partial charge in [0.2, 0.25) is 0 Å². The van der Waals surface area contributed by atoms with E-state index in [1.807, 2.05) is 0 Å². The number of nitrogens with one attached hydrogen (secondary N) is 1. The standard InChI is InChI=1S/C14H19ClFN/c15-12-9-6-10-13(16)14(12)17-11-7-4-2-1-3-5-8-11/h6,9-11,17H,1-5,7-8H2. The minimum absolute atomic E-state index is 0.250. The van der Waals surface area contributed by atoms with Gasteiger partial charge in [-0.15, -0.1) is 0 Å². The van der Waals surface area contributed by atoms with Gasteiger partial charge < -0.3 is 5.32 Å². The third-order valence-electron chi connectivity index (χ3n) is 3.42. The molecule has 1 saturated carbocycles. The first-order chi connectivity index (χ1) is 8.27. The van der Waals surface area contributed by atoms with Crippen molar-refractivity contribution in [3.8, 4) is 0 Å². The summed E-state index contributed by atoms with van der Waals surface area (Å²) in [6.07, 6.45) is 8.61. The van der Waals surface area contributed by atoms with Gasteiger partial charge in [-0.3, -0.25) is 0 Å². The smallest absolute Gasteiger partial charge is 0.147 e. The Kier molecular flexibility index (Phi) is 4.66. The summed E-state index contributed by atoms with van der Waals surface area (Å²) in [7, 11) is 0. The number of anilines is 1. The first-order valence-electron chi connectivity index (χ1n) is 6.48. The van der Waals surface area contributed by atoms with Gasteiger partial charge in [-0.25, -0.2) is 4.39 Å². The number of para-hydroxylation sites is 1. The summed E-state index contributed by atoms with van der Waals surface area (Å²) in [5.74, 6) is -0.250. The number of rotatable bonds is 2. The molecule has 1 N–H and O–H groups in total. The summed E-state index contributed by atoms with van der Waals surface area (Å²) in [4.78, 5) is 0. The average molecular weight is 256 g/mol. The Morgan fingerprint density at radius 2 is 1.71 bits per heavy atom. The molecule has 0 aromatic heterocycles. The number of hydrogen-bond acceptors (Lipinski definition) is 1. The van der Waals surface area contributed by atoms with Gasteiger partial charge in [-0.1, -0.05) is 49.8 Å². The van der Waals surface area contributed by atoms with Crippen LogP contribution in [-0.2, 0) is 0 Å². The Morgan fingerprint density at radius 1 is 1.06 bits per heavy atom. The van der Waals surface area contributed by atoms with Gasteiger partial charge in [0, 0.05) is 6.04 Å². The topological polar surface area (TPSA) is 12.0 Å². The summed E-state index contributed by atoms with van der Waals surface area (Å²) < 4.78 is 13.6. The summed E-state index contributed by atoms with van der Waals surface area (Å²) >= 11 is 6.02. The molecule has 0 spiro atoms. The maximum atomic E-state index is 13.6. The Morgan fingerprint density at radius 3 is 2.35 bits per heavy atom. The van der Waals surface area contributed by atoms with Crippen LogP contribution in [0.2, 0.25) is 5.02 Å². The Labute approximate surface area is 107 Å². The van der Waals surface area contributed by atoms with E-state index in [4.69, 9.17) is 11.6 Å².